The number of para-hydroxylation sites is 1. The maximum absolute atomic E-state index is 14.3. The van der Waals surface area contributed by atoms with E-state index in [1.807, 2.05) is 5.32 Å². The van der Waals surface area contributed by atoms with Gasteiger partial charge >= 0.3 is 12.0 Å². The highest BCUT2D eigenvalue weighted by atomic mass is 35.5. The first kappa shape index (κ1) is 22.4. The van der Waals surface area contributed by atoms with Crippen molar-refractivity contribution < 1.29 is 23.5 Å². The summed E-state index contributed by atoms with van der Waals surface area (Å²) < 4.78 is 19.5. The van der Waals surface area contributed by atoms with Gasteiger partial charge < -0.3 is 10.1 Å². The van der Waals surface area contributed by atoms with Gasteiger partial charge in [0.05, 0.1) is 21.8 Å². The average molecular weight is 468 g/mol. The second-order valence-corrected chi connectivity index (χ2v) is 7.75. The number of ether oxygens (including phenoxy) is 1. The SMILES string of the molecule is CNC(=O)NC(=O)COC(=O)c1c2c(nc3ccccc13)C(=Cc1c(F)cccc1Cl)CC2. The largest absolute Gasteiger partial charge is 0.452 e. The maximum atomic E-state index is 14.3. The van der Waals surface area contributed by atoms with Gasteiger partial charge in [0.1, 0.15) is 5.82 Å². The second kappa shape index (κ2) is 9.38. The smallest absolute Gasteiger partial charge is 0.339 e. The zero-order valence-electron chi connectivity index (χ0n) is 17.6. The Kier molecular flexibility index (Phi) is 6.37. The Morgan fingerprint density at radius 3 is 2.70 bits per heavy atom. The molecular weight excluding hydrogens is 449 g/mol. The standard InChI is InChI=1S/C24H19ClFN3O4/c1-27-24(32)29-20(30)12-33-23(31)21-14-5-2-3-8-19(14)28-22-13(9-10-15(21)22)11-16-17(25)6-4-7-18(16)26/h2-8,11H,9-10,12H2,1H3,(H2,27,29,30,32). The highest BCUT2D eigenvalue weighted by Gasteiger charge is 2.28. The molecule has 0 bridgehead atoms. The number of esters is 1. The maximum Gasteiger partial charge on any atom is 0.339 e. The molecule has 0 fully saturated rings. The molecule has 0 spiro atoms. The lowest BCUT2D eigenvalue weighted by Gasteiger charge is -2.12. The summed E-state index contributed by atoms with van der Waals surface area (Å²) in [4.78, 5) is 40.8. The first-order valence-corrected chi connectivity index (χ1v) is 10.5. The van der Waals surface area contributed by atoms with Crippen LogP contribution in [0.4, 0.5) is 9.18 Å². The molecule has 1 aliphatic carbocycles. The van der Waals surface area contributed by atoms with Gasteiger partial charge in [0.15, 0.2) is 6.61 Å². The van der Waals surface area contributed by atoms with Crippen molar-refractivity contribution in [1.82, 2.24) is 15.6 Å². The summed E-state index contributed by atoms with van der Waals surface area (Å²) in [5, 5.41) is 5.14. The van der Waals surface area contributed by atoms with Crippen LogP contribution in [0.2, 0.25) is 5.02 Å². The minimum Gasteiger partial charge on any atom is -0.452 e. The summed E-state index contributed by atoms with van der Waals surface area (Å²) >= 11 is 6.18. The summed E-state index contributed by atoms with van der Waals surface area (Å²) in [7, 11) is 1.36. The number of hydrogen-bond acceptors (Lipinski definition) is 5. The van der Waals surface area contributed by atoms with Crippen LogP contribution in [0.15, 0.2) is 42.5 Å². The summed E-state index contributed by atoms with van der Waals surface area (Å²) in [5.74, 6) is -1.92. The topological polar surface area (TPSA) is 97.4 Å². The molecule has 2 N–H and O–H groups in total. The van der Waals surface area contributed by atoms with Crippen molar-refractivity contribution in [3.63, 3.8) is 0 Å². The minimum absolute atomic E-state index is 0.256. The molecule has 7 nitrogen and oxygen atoms in total. The van der Waals surface area contributed by atoms with Gasteiger partial charge in [-0.3, -0.25) is 10.1 Å². The molecular formula is C24H19ClFN3O4. The zero-order valence-corrected chi connectivity index (χ0v) is 18.3. The fourth-order valence-corrected chi connectivity index (χ4v) is 3.98. The Morgan fingerprint density at radius 1 is 1.15 bits per heavy atom. The van der Waals surface area contributed by atoms with Crippen LogP contribution in [-0.4, -0.2) is 36.5 Å². The number of benzene rings is 2. The van der Waals surface area contributed by atoms with Crippen LogP contribution < -0.4 is 10.6 Å². The van der Waals surface area contributed by atoms with E-state index in [0.29, 0.717) is 40.6 Å². The molecule has 3 aromatic rings. The zero-order chi connectivity index (χ0) is 23.5. The number of halogens is 2. The van der Waals surface area contributed by atoms with Gasteiger partial charge in [0.25, 0.3) is 5.91 Å². The summed E-state index contributed by atoms with van der Waals surface area (Å²) in [6.45, 7) is -0.620. The van der Waals surface area contributed by atoms with Crippen LogP contribution in [0.1, 0.15) is 33.6 Å². The van der Waals surface area contributed by atoms with Gasteiger partial charge in [0, 0.05) is 18.0 Å². The van der Waals surface area contributed by atoms with E-state index in [2.05, 4.69) is 5.32 Å². The molecule has 9 heteroatoms. The van der Waals surface area contributed by atoms with E-state index in [9.17, 15) is 18.8 Å². The van der Waals surface area contributed by atoms with Crippen molar-refractivity contribution in [1.29, 1.82) is 0 Å². The van der Waals surface area contributed by atoms with Gasteiger partial charge in [-0.05, 0) is 48.3 Å². The number of allylic oxidation sites excluding steroid dienone is 1. The molecule has 3 amide bonds. The fraction of sp³-hybridized carbons (Fsp3) is 0.167. The molecule has 168 valence electrons. The van der Waals surface area contributed by atoms with Crippen molar-refractivity contribution in [2.24, 2.45) is 0 Å². The molecule has 33 heavy (non-hydrogen) atoms. The Balaban J connectivity index is 1.73. The van der Waals surface area contributed by atoms with E-state index in [4.69, 9.17) is 21.3 Å². The molecule has 0 aliphatic heterocycles. The van der Waals surface area contributed by atoms with Crippen molar-refractivity contribution in [3.8, 4) is 0 Å². The predicted octanol–water partition coefficient (Wildman–Crippen LogP) is 4.13. The number of imide groups is 1. The van der Waals surface area contributed by atoms with Gasteiger partial charge in [-0.1, -0.05) is 35.9 Å². The number of pyridine rings is 1. The highest BCUT2D eigenvalue weighted by molar-refractivity contribution is 6.32. The van der Waals surface area contributed by atoms with E-state index in [-0.39, 0.29) is 10.6 Å². The molecule has 1 heterocycles. The fourth-order valence-electron chi connectivity index (χ4n) is 3.76. The van der Waals surface area contributed by atoms with E-state index < -0.39 is 30.3 Å². The molecule has 1 aromatic heterocycles. The van der Waals surface area contributed by atoms with Crippen molar-refractivity contribution in [2.75, 3.05) is 13.7 Å². The third-order valence-corrected chi connectivity index (χ3v) is 5.61. The Hall–Kier alpha value is -3.78. The van der Waals surface area contributed by atoms with E-state index >= 15 is 0 Å². The number of rotatable bonds is 4. The van der Waals surface area contributed by atoms with Crippen molar-refractivity contribution in [3.05, 3.63) is 75.7 Å². The van der Waals surface area contributed by atoms with Crippen molar-refractivity contribution in [2.45, 2.75) is 12.8 Å². The third-order valence-electron chi connectivity index (χ3n) is 5.28. The number of hydrogen-bond donors (Lipinski definition) is 2. The Morgan fingerprint density at radius 2 is 1.94 bits per heavy atom. The minimum atomic E-state index is -0.757. The lowest BCUT2D eigenvalue weighted by molar-refractivity contribution is -0.123. The van der Waals surface area contributed by atoms with E-state index in [1.54, 1.807) is 36.4 Å². The molecule has 0 atom stereocenters. The van der Waals surface area contributed by atoms with Crippen molar-refractivity contribution >= 4 is 52.1 Å². The lowest BCUT2D eigenvalue weighted by atomic mass is 10.0. The number of aromatic nitrogens is 1. The van der Waals surface area contributed by atoms with Gasteiger partial charge in [-0.25, -0.2) is 19.0 Å². The highest BCUT2D eigenvalue weighted by Crippen LogP contribution is 2.38. The third kappa shape index (κ3) is 4.56. The number of nitrogens with one attached hydrogen (secondary N) is 2. The number of carbonyl (C=O) groups is 3. The lowest BCUT2D eigenvalue weighted by Crippen LogP contribution is -2.39. The first-order valence-electron chi connectivity index (χ1n) is 10.1. The van der Waals surface area contributed by atoms with Crippen LogP contribution in [0.25, 0.3) is 22.6 Å². The molecule has 2 aromatic carbocycles. The first-order chi connectivity index (χ1) is 15.9. The second-order valence-electron chi connectivity index (χ2n) is 7.34. The van der Waals surface area contributed by atoms with Gasteiger partial charge in [0.2, 0.25) is 0 Å². The molecule has 0 unspecified atom stereocenters. The number of amides is 3. The summed E-state index contributed by atoms with van der Waals surface area (Å²) in [6, 6.07) is 10.8. The summed E-state index contributed by atoms with van der Waals surface area (Å²) in [5.41, 5.74) is 3.08. The van der Waals surface area contributed by atoms with E-state index in [0.717, 1.165) is 5.57 Å². The Bertz CT molecular complexity index is 1300. The number of nitrogens with zero attached hydrogens (tertiary/aromatic N) is 1. The number of carbonyl (C=O) groups excluding carboxylic acids is 3. The number of urea groups is 1. The average Bonchev–Trinajstić information content (AvgIpc) is 3.20. The quantitative estimate of drug-likeness (QED) is 0.562. The van der Waals surface area contributed by atoms with Crippen LogP contribution in [-0.2, 0) is 16.0 Å². The molecule has 0 saturated heterocycles. The summed E-state index contributed by atoms with van der Waals surface area (Å²) in [6.07, 6.45) is 2.66. The van der Waals surface area contributed by atoms with Crippen LogP contribution >= 0.6 is 11.6 Å². The van der Waals surface area contributed by atoms with Gasteiger partial charge in [-0.15, -0.1) is 0 Å². The predicted molar refractivity (Wildman–Crippen MR) is 122 cm³/mol. The monoisotopic (exact) mass is 467 g/mol. The van der Waals surface area contributed by atoms with Gasteiger partial charge in [-0.2, -0.15) is 0 Å². The molecule has 0 radical (unpaired) electrons. The molecule has 1 aliphatic rings. The molecule has 4 rings (SSSR count). The number of fused-ring (bicyclic) bond motifs is 2. The Labute approximate surface area is 193 Å². The van der Waals surface area contributed by atoms with Crippen LogP contribution in [0.3, 0.4) is 0 Å². The molecule has 0 saturated carbocycles. The normalized spacial score (nSPS) is 13.6. The van der Waals surface area contributed by atoms with Crippen LogP contribution in [0, 0.1) is 5.82 Å². The van der Waals surface area contributed by atoms with Crippen LogP contribution in [0.5, 0.6) is 0 Å². The van der Waals surface area contributed by atoms with E-state index in [1.165, 1.54) is 19.2 Å².